The van der Waals surface area contributed by atoms with Crippen LogP contribution in [-0.4, -0.2) is 42.7 Å². The zero-order chi connectivity index (χ0) is 27.8. The van der Waals surface area contributed by atoms with Gasteiger partial charge in [0.2, 0.25) is 15.7 Å². The second-order valence-corrected chi connectivity index (χ2v) is 11.2. The van der Waals surface area contributed by atoms with E-state index in [4.69, 9.17) is 16.3 Å². The number of carbonyl (C=O) groups is 1. The third-order valence-corrected chi connectivity index (χ3v) is 7.96. The second-order valence-electron chi connectivity index (χ2n) is 8.76. The molecule has 3 aromatic carbocycles. The number of rotatable bonds is 12. The van der Waals surface area contributed by atoms with Gasteiger partial charge in [-0.1, -0.05) is 41.9 Å². The quantitative estimate of drug-likeness (QED) is 0.197. The van der Waals surface area contributed by atoms with Crippen molar-refractivity contribution in [3.8, 4) is 11.6 Å². The van der Waals surface area contributed by atoms with E-state index in [1.165, 1.54) is 42.6 Å². The number of carboxylic acids is 1. The molecule has 1 atom stereocenters. The highest BCUT2D eigenvalue weighted by molar-refractivity contribution is 7.91. The SMILES string of the molecule is O=C(O)c1cccnc1Oc1cccc(S(=O)(=O)c2ccc(CCCNC[C@@H](O)c3cccc(Cl)c3)cc2)c1. The molecule has 0 aliphatic rings. The molecule has 0 radical (unpaired) electrons. The van der Waals surface area contributed by atoms with Crippen molar-refractivity contribution < 1.29 is 28.2 Å². The van der Waals surface area contributed by atoms with Gasteiger partial charge >= 0.3 is 5.97 Å². The Balaban J connectivity index is 1.33. The summed E-state index contributed by atoms with van der Waals surface area (Å²) in [7, 11) is -3.83. The number of sulfone groups is 1. The third-order valence-electron chi connectivity index (χ3n) is 5.96. The fraction of sp³-hybridized carbons (Fsp3) is 0.172. The monoisotopic (exact) mass is 566 g/mol. The van der Waals surface area contributed by atoms with Gasteiger partial charge in [0.25, 0.3) is 0 Å². The van der Waals surface area contributed by atoms with Crippen LogP contribution in [0.2, 0.25) is 5.02 Å². The summed E-state index contributed by atoms with van der Waals surface area (Å²) >= 11 is 5.97. The van der Waals surface area contributed by atoms with E-state index in [2.05, 4.69) is 10.3 Å². The van der Waals surface area contributed by atoms with Crippen LogP contribution in [0.25, 0.3) is 0 Å². The first-order chi connectivity index (χ1) is 18.7. The number of carboxylic acid groups (broad SMARTS) is 1. The highest BCUT2D eigenvalue weighted by atomic mass is 35.5. The molecule has 0 amide bonds. The van der Waals surface area contributed by atoms with E-state index in [0.717, 1.165) is 24.0 Å². The lowest BCUT2D eigenvalue weighted by Gasteiger charge is -2.12. The molecular weight excluding hydrogens is 540 g/mol. The number of halogens is 1. The molecule has 0 saturated carbocycles. The normalized spacial score (nSPS) is 12.2. The first kappa shape index (κ1) is 28.3. The number of nitrogens with zero attached hydrogens (tertiary/aromatic N) is 1. The molecular formula is C29H27ClN2O6S. The minimum Gasteiger partial charge on any atom is -0.477 e. The number of aromatic carboxylic acids is 1. The van der Waals surface area contributed by atoms with E-state index in [-0.39, 0.29) is 27.0 Å². The van der Waals surface area contributed by atoms with Crippen molar-refractivity contribution in [1.82, 2.24) is 10.3 Å². The molecule has 0 aliphatic heterocycles. The summed E-state index contributed by atoms with van der Waals surface area (Å²) in [5.74, 6) is -1.17. The molecule has 4 aromatic rings. The van der Waals surface area contributed by atoms with Gasteiger partial charge < -0.3 is 20.3 Å². The number of hydrogen-bond acceptors (Lipinski definition) is 7. The molecule has 3 N–H and O–H groups in total. The zero-order valence-corrected chi connectivity index (χ0v) is 22.4. The van der Waals surface area contributed by atoms with E-state index >= 15 is 0 Å². The molecule has 0 aliphatic carbocycles. The number of aliphatic hydroxyl groups excluding tert-OH is 1. The molecule has 39 heavy (non-hydrogen) atoms. The van der Waals surface area contributed by atoms with Crippen molar-refractivity contribution in [2.24, 2.45) is 0 Å². The summed E-state index contributed by atoms with van der Waals surface area (Å²) in [5.41, 5.74) is 1.61. The van der Waals surface area contributed by atoms with Crippen molar-refractivity contribution in [2.75, 3.05) is 13.1 Å². The van der Waals surface area contributed by atoms with E-state index in [1.54, 1.807) is 42.5 Å². The second kappa shape index (κ2) is 12.9. The highest BCUT2D eigenvalue weighted by Crippen LogP contribution is 2.28. The van der Waals surface area contributed by atoms with E-state index in [1.807, 2.05) is 6.07 Å². The molecule has 0 fully saturated rings. The first-order valence-corrected chi connectivity index (χ1v) is 14.0. The number of nitrogens with one attached hydrogen (secondary N) is 1. The van der Waals surface area contributed by atoms with Crippen LogP contribution in [0.5, 0.6) is 11.6 Å². The maximum Gasteiger partial charge on any atom is 0.341 e. The molecule has 0 bridgehead atoms. The fourth-order valence-electron chi connectivity index (χ4n) is 3.91. The maximum absolute atomic E-state index is 13.2. The van der Waals surface area contributed by atoms with Crippen molar-refractivity contribution in [3.63, 3.8) is 0 Å². The highest BCUT2D eigenvalue weighted by Gasteiger charge is 2.19. The van der Waals surface area contributed by atoms with Crippen LogP contribution in [0.1, 0.15) is 34.0 Å². The first-order valence-electron chi connectivity index (χ1n) is 12.2. The Morgan fingerprint density at radius 1 is 0.974 bits per heavy atom. The standard InChI is InChI=1S/C29H27ClN2O6S/c30-22-7-1-6-21(17-22)27(33)19-31-15-3-5-20-11-13-24(14-12-20)39(36,37)25-9-2-8-23(18-25)38-28-26(29(34)35)10-4-16-32-28/h1-2,4,6-14,16-18,27,31,33H,3,5,15,19H2,(H,34,35)/t27-/m1/s1. The lowest BCUT2D eigenvalue weighted by Crippen LogP contribution is -2.22. The summed E-state index contributed by atoms with van der Waals surface area (Å²) in [5, 5.41) is 23.4. The Hall–Kier alpha value is -3.76. The van der Waals surface area contributed by atoms with Crippen molar-refractivity contribution in [2.45, 2.75) is 28.7 Å². The summed E-state index contributed by atoms with van der Waals surface area (Å²) in [4.78, 5) is 15.5. The number of pyridine rings is 1. The minimum atomic E-state index is -3.83. The summed E-state index contributed by atoms with van der Waals surface area (Å²) < 4.78 is 32.0. The summed E-state index contributed by atoms with van der Waals surface area (Å²) in [6.07, 6.45) is 2.28. The van der Waals surface area contributed by atoms with Crippen molar-refractivity contribution >= 4 is 27.4 Å². The van der Waals surface area contributed by atoms with Crippen LogP contribution in [0.4, 0.5) is 0 Å². The Bertz CT molecular complexity index is 1540. The van der Waals surface area contributed by atoms with Gasteiger partial charge in [-0.15, -0.1) is 0 Å². The molecule has 4 rings (SSSR count). The molecule has 202 valence electrons. The van der Waals surface area contributed by atoms with Crippen LogP contribution < -0.4 is 10.1 Å². The number of hydrogen-bond donors (Lipinski definition) is 3. The molecule has 0 unspecified atom stereocenters. The third kappa shape index (κ3) is 7.42. The van der Waals surface area contributed by atoms with Crippen LogP contribution >= 0.6 is 11.6 Å². The van der Waals surface area contributed by atoms with Gasteiger partial charge in [-0.2, -0.15) is 0 Å². The van der Waals surface area contributed by atoms with Gasteiger partial charge in [0.05, 0.1) is 15.9 Å². The molecule has 0 saturated heterocycles. The van der Waals surface area contributed by atoms with Gasteiger partial charge in [-0.05, 0) is 85.1 Å². The lowest BCUT2D eigenvalue weighted by atomic mass is 10.1. The predicted octanol–water partition coefficient (Wildman–Crippen LogP) is 5.31. The van der Waals surface area contributed by atoms with E-state index in [9.17, 15) is 23.4 Å². The Kier molecular flexibility index (Phi) is 9.32. The molecule has 0 spiro atoms. The van der Waals surface area contributed by atoms with Crippen LogP contribution in [0.15, 0.2) is 101 Å². The molecule has 10 heteroatoms. The Morgan fingerprint density at radius 2 is 1.74 bits per heavy atom. The number of aromatic nitrogens is 1. The van der Waals surface area contributed by atoms with Gasteiger partial charge in [-0.3, -0.25) is 0 Å². The molecule has 8 nitrogen and oxygen atoms in total. The largest absolute Gasteiger partial charge is 0.477 e. The summed E-state index contributed by atoms with van der Waals surface area (Å²) in [6, 6.07) is 22.5. The van der Waals surface area contributed by atoms with Crippen LogP contribution in [0.3, 0.4) is 0 Å². The van der Waals surface area contributed by atoms with Crippen LogP contribution in [0, 0.1) is 0 Å². The average Bonchev–Trinajstić information content (AvgIpc) is 2.93. The zero-order valence-electron chi connectivity index (χ0n) is 20.8. The predicted molar refractivity (Wildman–Crippen MR) is 147 cm³/mol. The van der Waals surface area contributed by atoms with E-state index in [0.29, 0.717) is 18.1 Å². The minimum absolute atomic E-state index is 0.0167. The number of ether oxygens (including phenoxy) is 1. The fourth-order valence-corrected chi connectivity index (χ4v) is 5.41. The number of benzene rings is 3. The molecule has 1 aromatic heterocycles. The smallest absolute Gasteiger partial charge is 0.341 e. The van der Waals surface area contributed by atoms with E-state index < -0.39 is 21.9 Å². The Labute approximate surface area is 231 Å². The molecule has 1 heterocycles. The van der Waals surface area contributed by atoms with Gasteiger partial charge in [0.15, 0.2) is 0 Å². The van der Waals surface area contributed by atoms with Gasteiger partial charge in [0.1, 0.15) is 11.3 Å². The van der Waals surface area contributed by atoms with Crippen molar-refractivity contribution in [1.29, 1.82) is 0 Å². The summed E-state index contributed by atoms with van der Waals surface area (Å²) in [6.45, 7) is 1.09. The van der Waals surface area contributed by atoms with Crippen LogP contribution in [-0.2, 0) is 16.3 Å². The Morgan fingerprint density at radius 3 is 2.49 bits per heavy atom. The van der Waals surface area contributed by atoms with Gasteiger partial charge in [-0.25, -0.2) is 18.2 Å². The number of aryl methyl sites for hydroxylation is 1. The topological polar surface area (TPSA) is 126 Å². The lowest BCUT2D eigenvalue weighted by molar-refractivity contribution is 0.0693. The van der Waals surface area contributed by atoms with Crippen molar-refractivity contribution in [3.05, 3.63) is 113 Å². The average molecular weight is 567 g/mol. The van der Waals surface area contributed by atoms with Gasteiger partial charge in [0, 0.05) is 17.8 Å². The maximum atomic E-state index is 13.2. The number of aliphatic hydroxyl groups is 1.